The van der Waals surface area contributed by atoms with Crippen LogP contribution in [0.3, 0.4) is 0 Å². The molecule has 3 nitrogen and oxygen atoms in total. The van der Waals surface area contributed by atoms with Crippen molar-refractivity contribution >= 4 is 51.9 Å². The summed E-state index contributed by atoms with van der Waals surface area (Å²) in [5, 5.41) is 10.3. The molecule has 0 spiro atoms. The summed E-state index contributed by atoms with van der Waals surface area (Å²) in [5.74, 6) is 0. The van der Waals surface area contributed by atoms with Gasteiger partial charge >= 0.3 is 0 Å². The molecule has 47 heavy (non-hydrogen) atoms. The first-order valence-electron chi connectivity index (χ1n) is 15.7. The zero-order valence-corrected chi connectivity index (χ0v) is 28.1. The molecule has 0 aliphatic carbocycles. The molecule has 0 aliphatic rings. The predicted molar refractivity (Wildman–Crippen MR) is 201 cm³/mol. The van der Waals surface area contributed by atoms with Crippen molar-refractivity contribution in [2.24, 2.45) is 0 Å². The highest BCUT2D eigenvalue weighted by molar-refractivity contribution is 6.22. The quantitative estimate of drug-likeness (QED) is 0.0841. The van der Waals surface area contributed by atoms with Crippen LogP contribution in [0.2, 0.25) is 0 Å². The van der Waals surface area contributed by atoms with E-state index in [0.717, 1.165) is 46.6 Å². The summed E-state index contributed by atoms with van der Waals surface area (Å²) < 4.78 is 0. The van der Waals surface area contributed by atoms with E-state index in [0.29, 0.717) is 0 Å². The molecule has 0 radical (unpaired) electrons. The van der Waals surface area contributed by atoms with Crippen molar-refractivity contribution in [3.8, 4) is 0 Å². The van der Waals surface area contributed by atoms with Crippen LogP contribution in [0.1, 0.15) is 55.4 Å². The van der Waals surface area contributed by atoms with Crippen LogP contribution in [0.15, 0.2) is 158 Å². The standard InChI is InChI=1S/C41H36Cl3N3/c42-39(32-10-4-1-5-11-32)45-36-21-16-29(17-22-36)26-31-20-25-38(47-41(44)34-14-8-3-9-15-34)35(28-31)27-30-18-23-37(24-19-30)46-40(43)33-12-6-2-7-13-33/h1-25,28,39-41,45-47H,26-27H2. The lowest BCUT2D eigenvalue weighted by atomic mass is 9.97. The predicted octanol–water partition coefficient (Wildman–Crippen LogP) is 11.9. The Hall–Kier alpha value is -4.41. The van der Waals surface area contributed by atoms with E-state index in [1.807, 2.05) is 91.0 Å². The van der Waals surface area contributed by atoms with E-state index in [1.54, 1.807) is 0 Å². The molecular formula is C41H36Cl3N3. The van der Waals surface area contributed by atoms with Gasteiger partial charge in [0, 0.05) is 17.1 Å². The molecule has 0 bridgehead atoms. The first-order valence-corrected chi connectivity index (χ1v) is 17.0. The molecule has 3 unspecified atom stereocenters. The van der Waals surface area contributed by atoms with E-state index >= 15 is 0 Å². The zero-order valence-electron chi connectivity index (χ0n) is 25.8. The van der Waals surface area contributed by atoms with Crippen molar-refractivity contribution in [2.45, 2.75) is 29.3 Å². The lowest BCUT2D eigenvalue weighted by Crippen LogP contribution is -2.07. The summed E-state index contributed by atoms with van der Waals surface area (Å²) in [6.07, 6.45) is 1.55. The SMILES string of the molecule is ClC(Nc1ccc(Cc2ccc(NC(Cl)c3ccccc3)c(Cc3ccc(NC(Cl)c4ccccc4)cc3)c2)cc1)c1ccccc1. The second-order valence-corrected chi connectivity index (χ2v) is 12.8. The van der Waals surface area contributed by atoms with Crippen LogP contribution in [-0.4, -0.2) is 0 Å². The highest BCUT2D eigenvalue weighted by atomic mass is 35.5. The van der Waals surface area contributed by atoms with Crippen LogP contribution >= 0.6 is 34.8 Å². The van der Waals surface area contributed by atoms with Gasteiger partial charge in [-0.2, -0.15) is 0 Å². The molecule has 3 N–H and O–H groups in total. The Kier molecular flexibility index (Phi) is 11.0. The number of hydrogen-bond donors (Lipinski definition) is 3. The van der Waals surface area contributed by atoms with E-state index in [9.17, 15) is 0 Å². The topological polar surface area (TPSA) is 36.1 Å². The molecule has 0 fully saturated rings. The Bertz CT molecular complexity index is 1830. The molecule has 0 amide bonds. The first kappa shape index (κ1) is 32.5. The number of benzene rings is 6. The minimum Gasteiger partial charge on any atom is -0.366 e. The van der Waals surface area contributed by atoms with Crippen molar-refractivity contribution in [1.29, 1.82) is 0 Å². The van der Waals surface area contributed by atoms with Crippen molar-refractivity contribution < 1.29 is 0 Å². The number of halogens is 3. The van der Waals surface area contributed by atoms with Gasteiger partial charge in [-0.05, 0) is 82.1 Å². The van der Waals surface area contributed by atoms with Crippen LogP contribution in [-0.2, 0) is 12.8 Å². The van der Waals surface area contributed by atoms with Crippen LogP contribution in [0.5, 0.6) is 0 Å². The third-order valence-electron chi connectivity index (χ3n) is 8.03. The maximum absolute atomic E-state index is 6.85. The van der Waals surface area contributed by atoms with Gasteiger partial charge in [0.15, 0.2) is 0 Å². The summed E-state index contributed by atoms with van der Waals surface area (Å²) in [7, 11) is 0. The van der Waals surface area contributed by atoms with Gasteiger partial charge < -0.3 is 16.0 Å². The molecular weight excluding hydrogens is 641 g/mol. The van der Waals surface area contributed by atoms with Crippen LogP contribution < -0.4 is 16.0 Å². The van der Waals surface area contributed by atoms with E-state index in [1.165, 1.54) is 22.3 Å². The van der Waals surface area contributed by atoms with Gasteiger partial charge in [0.2, 0.25) is 0 Å². The van der Waals surface area contributed by atoms with Crippen molar-refractivity contribution in [3.05, 3.63) is 197 Å². The fourth-order valence-electron chi connectivity index (χ4n) is 5.48. The smallest absolute Gasteiger partial charge is 0.127 e. The van der Waals surface area contributed by atoms with E-state index < -0.39 is 0 Å². The number of anilines is 3. The van der Waals surface area contributed by atoms with Crippen LogP contribution in [0.4, 0.5) is 17.1 Å². The maximum atomic E-state index is 6.85. The molecule has 0 saturated heterocycles. The molecule has 6 rings (SSSR count). The average Bonchev–Trinajstić information content (AvgIpc) is 3.12. The van der Waals surface area contributed by atoms with Crippen molar-refractivity contribution in [1.82, 2.24) is 0 Å². The Morgan fingerprint density at radius 2 is 0.766 bits per heavy atom. The zero-order chi connectivity index (χ0) is 32.4. The molecule has 0 aliphatic heterocycles. The van der Waals surface area contributed by atoms with E-state index in [2.05, 4.69) is 82.7 Å². The normalized spacial score (nSPS) is 12.9. The third-order valence-corrected chi connectivity index (χ3v) is 9.11. The second kappa shape index (κ2) is 15.9. The Morgan fingerprint density at radius 1 is 0.383 bits per heavy atom. The molecule has 0 saturated carbocycles. The third kappa shape index (κ3) is 9.11. The summed E-state index contributed by atoms with van der Waals surface area (Å²) in [4.78, 5) is 0. The summed E-state index contributed by atoms with van der Waals surface area (Å²) in [5.41, 5.74) is 9.90. The number of rotatable bonds is 13. The van der Waals surface area contributed by atoms with Gasteiger partial charge in [-0.25, -0.2) is 0 Å². The van der Waals surface area contributed by atoms with Gasteiger partial charge in [0.1, 0.15) is 16.5 Å². The van der Waals surface area contributed by atoms with Crippen molar-refractivity contribution in [3.63, 3.8) is 0 Å². The second-order valence-electron chi connectivity index (χ2n) is 11.5. The summed E-state index contributed by atoms with van der Waals surface area (Å²) in [6.45, 7) is 0. The lowest BCUT2D eigenvalue weighted by Gasteiger charge is -2.19. The molecule has 6 heteroatoms. The fraction of sp³-hybridized carbons (Fsp3) is 0.122. The highest BCUT2D eigenvalue weighted by Crippen LogP contribution is 2.30. The Morgan fingerprint density at radius 3 is 1.21 bits per heavy atom. The van der Waals surface area contributed by atoms with Crippen molar-refractivity contribution in [2.75, 3.05) is 16.0 Å². The van der Waals surface area contributed by atoms with E-state index in [4.69, 9.17) is 34.8 Å². The lowest BCUT2D eigenvalue weighted by molar-refractivity contribution is 1.06. The van der Waals surface area contributed by atoms with Gasteiger partial charge in [0.05, 0.1) is 0 Å². The monoisotopic (exact) mass is 675 g/mol. The van der Waals surface area contributed by atoms with Gasteiger partial charge in [-0.3, -0.25) is 0 Å². The van der Waals surface area contributed by atoms with Gasteiger partial charge in [-0.15, -0.1) is 0 Å². The molecule has 0 heterocycles. The number of hydrogen-bond acceptors (Lipinski definition) is 3. The molecule has 6 aromatic rings. The minimum atomic E-state index is -0.354. The molecule has 236 valence electrons. The number of nitrogens with one attached hydrogen (secondary N) is 3. The van der Waals surface area contributed by atoms with Crippen LogP contribution in [0, 0.1) is 0 Å². The Balaban J connectivity index is 1.17. The van der Waals surface area contributed by atoms with Gasteiger partial charge in [0.25, 0.3) is 0 Å². The van der Waals surface area contributed by atoms with E-state index in [-0.39, 0.29) is 16.5 Å². The maximum Gasteiger partial charge on any atom is 0.127 e. The Labute approximate surface area is 292 Å². The highest BCUT2D eigenvalue weighted by Gasteiger charge is 2.13. The molecule has 3 atom stereocenters. The first-order chi connectivity index (χ1) is 23.0. The summed E-state index contributed by atoms with van der Waals surface area (Å²) >= 11 is 20.1. The minimum absolute atomic E-state index is 0.295. The number of alkyl halides is 3. The largest absolute Gasteiger partial charge is 0.366 e. The van der Waals surface area contributed by atoms with Crippen LogP contribution in [0.25, 0.3) is 0 Å². The summed E-state index contributed by atoms with van der Waals surface area (Å²) in [6, 6.07) is 53.6. The fourth-order valence-corrected chi connectivity index (χ4v) is 6.29. The molecule has 6 aromatic carbocycles. The average molecular weight is 677 g/mol. The molecule has 0 aromatic heterocycles. The van der Waals surface area contributed by atoms with Gasteiger partial charge in [-0.1, -0.05) is 162 Å².